The summed E-state index contributed by atoms with van der Waals surface area (Å²) in [6, 6.07) is 19.4. The van der Waals surface area contributed by atoms with E-state index in [1.165, 1.54) is 17.0 Å². The van der Waals surface area contributed by atoms with E-state index < -0.39 is 5.97 Å². The molecule has 0 aliphatic carbocycles. The van der Waals surface area contributed by atoms with Crippen molar-refractivity contribution in [1.82, 2.24) is 0 Å². The predicted octanol–water partition coefficient (Wildman–Crippen LogP) is 9.07. The van der Waals surface area contributed by atoms with Crippen LogP contribution in [0.1, 0.15) is 16.1 Å². The van der Waals surface area contributed by atoms with Crippen LogP contribution in [0.15, 0.2) is 87.1 Å². The minimum Gasteiger partial charge on any atom is -0.478 e. The highest BCUT2D eigenvalue weighted by atomic mass is 35.5. The number of amidine groups is 1. The summed E-state index contributed by atoms with van der Waals surface area (Å²) in [5, 5.41) is 10.9. The van der Waals surface area contributed by atoms with Gasteiger partial charge in [-0.1, -0.05) is 58.5 Å². The summed E-state index contributed by atoms with van der Waals surface area (Å²) >= 11 is 26.0. The lowest BCUT2D eigenvalue weighted by Crippen LogP contribution is -2.29. The number of carbonyl (C=O) groups excluding carboxylic acids is 1. The number of furan rings is 1. The molecule has 1 amide bonds. The first-order valence-electron chi connectivity index (χ1n) is 10.9. The Morgan fingerprint density at radius 2 is 1.58 bits per heavy atom. The van der Waals surface area contributed by atoms with Crippen LogP contribution in [-0.2, 0) is 4.79 Å². The van der Waals surface area contributed by atoms with E-state index in [2.05, 4.69) is 4.99 Å². The Kier molecular flexibility index (Phi) is 7.56. The Morgan fingerprint density at radius 1 is 0.895 bits per heavy atom. The van der Waals surface area contributed by atoms with Gasteiger partial charge in [-0.05, 0) is 72.4 Å². The molecule has 0 unspecified atom stereocenters. The maximum absolute atomic E-state index is 13.6. The van der Waals surface area contributed by atoms with Crippen molar-refractivity contribution in [2.45, 2.75) is 0 Å². The Labute approximate surface area is 241 Å². The molecule has 0 spiro atoms. The molecule has 1 saturated heterocycles. The van der Waals surface area contributed by atoms with Gasteiger partial charge in [-0.25, -0.2) is 9.79 Å². The highest BCUT2D eigenvalue weighted by molar-refractivity contribution is 8.19. The molecular weight excluding hydrogens is 590 g/mol. The fraction of sp³-hybridized carbons (Fsp3) is 0. The fourth-order valence-electron chi connectivity index (χ4n) is 3.59. The molecule has 0 bridgehead atoms. The molecule has 5 rings (SSSR count). The van der Waals surface area contributed by atoms with Crippen LogP contribution >= 0.6 is 58.2 Å². The number of nitrogens with zero attached hydrogens (tertiary/aromatic N) is 2. The van der Waals surface area contributed by atoms with Crippen LogP contribution in [0.25, 0.3) is 17.4 Å². The second-order valence-corrected chi connectivity index (χ2v) is 10.6. The summed E-state index contributed by atoms with van der Waals surface area (Å²) in [5.41, 5.74) is 1.69. The zero-order valence-corrected chi connectivity index (χ0v) is 22.8. The van der Waals surface area contributed by atoms with E-state index in [1.54, 1.807) is 66.7 Å². The number of halogens is 4. The van der Waals surface area contributed by atoms with Crippen molar-refractivity contribution in [3.8, 4) is 11.3 Å². The van der Waals surface area contributed by atoms with Gasteiger partial charge in [0.25, 0.3) is 5.91 Å². The predicted molar refractivity (Wildman–Crippen MR) is 154 cm³/mol. The minimum atomic E-state index is -1.01. The van der Waals surface area contributed by atoms with Crippen molar-refractivity contribution in [3.05, 3.63) is 109 Å². The molecule has 190 valence electrons. The van der Waals surface area contributed by atoms with E-state index in [9.17, 15) is 9.59 Å². The number of anilines is 1. The highest BCUT2D eigenvalue weighted by Crippen LogP contribution is 2.42. The molecule has 1 aliphatic rings. The number of carbonyl (C=O) groups is 2. The quantitative estimate of drug-likeness (QED) is 0.230. The largest absolute Gasteiger partial charge is 0.478 e. The van der Waals surface area contributed by atoms with Crippen LogP contribution in [-0.4, -0.2) is 22.2 Å². The number of hydrogen-bond acceptors (Lipinski definition) is 5. The van der Waals surface area contributed by atoms with E-state index >= 15 is 0 Å². The van der Waals surface area contributed by atoms with Gasteiger partial charge in [-0.2, -0.15) is 0 Å². The van der Waals surface area contributed by atoms with Gasteiger partial charge in [0.15, 0.2) is 5.17 Å². The highest BCUT2D eigenvalue weighted by Gasteiger charge is 2.36. The van der Waals surface area contributed by atoms with Gasteiger partial charge in [-0.15, -0.1) is 0 Å². The summed E-state index contributed by atoms with van der Waals surface area (Å²) in [7, 11) is 0. The van der Waals surface area contributed by atoms with Gasteiger partial charge in [0.1, 0.15) is 11.5 Å². The molecule has 11 heteroatoms. The molecule has 4 aromatic rings. The van der Waals surface area contributed by atoms with Crippen LogP contribution in [0.3, 0.4) is 0 Å². The molecule has 1 fully saturated rings. The Bertz CT molecular complexity index is 1650. The van der Waals surface area contributed by atoms with E-state index in [0.717, 1.165) is 11.8 Å². The maximum Gasteiger partial charge on any atom is 0.335 e. The molecule has 0 atom stereocenters. The first-order valence-corrected chi connectivity index (χ1v) is 13.2. The zero-order valence-electron chi connectivity index (χ0n) is 19.0. The van der Waals surface area contributed by atoms with Crippen LogP contribution in [0.4, 0.5) is 11.4 Å². The van der Waals surface area contributed by atoms with Gasteiger partial charge >= 0.3 is 5.97 Å². The SMILES string of the molecule is O=C(O)c1ccc(-c2ccc(/C=C3/SC(=Nc4ccc(Cl)cc4Cl)N(c4ccc(Cl)cc4Cl)C3=O)o2)cc1. The molecule has 38 heavy (non-hydrogen) atoms. The second-order valence-electron chi connectivity index (χ2n) is 7.92. The number of thioether (sulfide) groups is 1. The van der Waals surface area contributed by atoms with Crippen molar-refractivity contribution < 1.29 is 19.1 Å². The third-order valence-electron chi connectivity index (χ3n) is 5.40. The van der Waals surface area contributed by atoms with Crippen LogP contribution in [0.5, 0.6) is 0 Å². The topological polar surface area (TPSA) is 83.1 Å². The number of rotatable bonds is 5. The van der Waals surface area contributed by atoms with E-state index in [0.29, 0.717) is 53.6 Å². The number of hydrogen-bond donors (Lipinski definition) is 1. The first kappa shape index (κ1) is 26.4. The third-order valence-corrected chi connectivity index (χ3v) is 7.44. The fourth-order valence-corrected chi connectivity index (χ4v) is 5.50. The number of benzene rings is 3. The minimum absolute atomic E-state index is 0.171. The lowest BCUT2D eigenvalue weighted by atomic mass is 10.1. The molecule has 1 aliphatic heterocycles. The average Bonchev–Trinajstić information content (AvgIpc) is 3.46. The number of aromatic carboxylic acids is 1. The van der Waals surface area contributed by atoms with Gasteiger partial charge in [0, 0.05) is 21.7 Å². The number of amides is 1. The summed E-state index contributed by atoms with van der Waals surface area (Å²) in [5.74, 6) is -0.442. The Hall–Kier alpha value is -3.20. The van der Waals surface area contributed by atoms with Crippen molar-refractivity contribution in [2.24, 2.45) is 4.99 Å². The second kappa shape index (κ2) is 10.9. The number of aliphatic imine (C=N–C) groups is 1. The lowest BCUT2D eigenvalue weighted by Gasteiger charge is -2.17. The standard InChI is InChI=1S/C27H14Cl4N2O4S/c28-16-5-8-21(19(30)11-16)32-27-33(22-9-6-17(29)12-20(22)31)25(34)24(38-27)13-18-7-10-23(37-18)14-1-3-15(4-2-14)26(35)36/h1-13H,(H,35,36)/b24-13+,32-27?. The summed E-state index contributed by atoms with van der Waals surface area (Å²) in [6.07, 6.45) is 1.60. The summed E-state index contributed by atoms with van der Waals surface area (Å²) in [4.78, 5) is 31.0. The van der Waals surface area contributed by atoms with Crippen molar-refractivity contribution >= 4 is 92.7 Å². The van der Waals surface area contributed by atoms with E-state index in [4.69, 9.17) is 55.9 Å². The average molecular weight is 604 g/mol. The molecule has 0 saturated carbocycles. The Morgan fingerprint density at radius 3 is 2.24 bits per heavy atom. The van der Waals surface area contributed by atoms with Crippen LogP contribution in [0.2, 0.25) is 20.1 Å². The van der Waals surface area contributed by atoms with Crippen molar-refractivity contribution in [3.63, 3.8) is 0 Å². The van der Waals surface area contributed by atoms with Crippen LogP contribution < -0.4 is 4.90 Å². The van der Waals surface area contributed by atoms with E-state index in [1.807, 2.05) is 0 Å². The molecule has 0 radical (unpaired) electrons. The molecular formula is C27H14Cl4N2O4S. The molecule has 3 aromatic carbocycles. The maximum atomic E-state index is 13.6. The normalized spacial score (nSPS) is 15.6. The lowest BCUT2D eigenvalue weighted by molar-refractivity contribution is -0.113. The molecule has 1 N–H and O–H groups in total. The smallest absolute Gasteiger partial charge is 0.335 e. The van der Waals surface area contributed by atoms with Gasteiger partial charge in [-0.3, -0.25) is 9.69 Å². The van der Waals surface area contributed by atoms with Gasteiger partial charge in [0.2, 0.25) is 0 Å². The van der Waals surface area contributed by atoms with E-state index in [-0.39, 0.29) is 16.5 Å². The van der Waals surface area contributed by atoms with Crippen molar-refractivity contribution in [1.29, 1.82) is 0 Å². The van der Waals surface area contributed by atoms with Crippen molar-refractivity contribution in [2.75, 3.05) is 4.90 Å². The van der Waals surface area contributed by atoms with Crippen LogP contribution in [0, 0.1) is 0 Å². The van der Waals surface area contributed by atoms with Gasteiger partial charge < -0.3 is 9.52 Å². The molecule has 2 heterocycles. The monoisotopic (exact) mass is 602 g/mol. The number of carboxylic acid groups (broad SMARTS) is 1. The molecule has 6 nitrogen and oxygen atoms in total. The zero-order chi connectivity index (χ0) is 27.0. The summed E-state index contributed by atoms with van der Waals surface area (Å²) < 4.78 is 5.92. The van der Waals surface area contributed by atoms with Gasteiger partial charge in [0.05, 0.1) is 31.9 Å². The number of carboxylic acids is 1. The Balaban J connectivity index is 1.52. The molecule has 1 aromatic heterocycles. The summed E-state index contributed by atoms with van der Waals surface area (Å²) in [6.45, 7) is 0. The third kappa shape index (κ3) is 5.48. The first-order chi connectivity index (χ1) is 18.2.